The van der Waals surface area contributed by atoms with Crippen molar-refractivity contribution >= 4 is 37.5 Å². The third kappa shape index (κ3) is 3.45. The fourth-order valence-electron chi connectivity index (χ4n) is 1.56. The summed E-state index contributed by atoms with van der Waals surface area (Å²) < 4.78 is 28.0. The van der Waals surface area contributed by atoms with Crippen molar-refractivity contribution in [3.8, 4) is 5.75 Å². The van der Waals surface area contributed by atoms with Gasteiger partial charge in [0.15, 0.2) is 0 Å². The number of halogens is 4. The summed E-state index contributed by atoms with van der Waals surface area (Å²) in [7, 11) is 0. The predicted molar refractivity (Wildman–Crippen MR) is 77.2 cm³/mol. The molecule has 0 saturated carbocycles. The van der Waals surface area contributed by atoms with Crippen LogP contribution in [0.2, 0.25) is 0 Å². The van der Waals surface area contributed by atoms with Crippen molar-refractivity contribution in [2.24, 2.45) is 0 Å². The van der Waals surface area contributed by atoms with Crippen molar-refractivity contribution in [2.45, 2.75) is 6.54 Å². The maximum atomic E-state index is 13.6. The maximum absolute atomic E-state index is 13.6. The zero-order valence-electron chi connectivity index (χ0n) is 9.55. The first-order valence-corrected chi connectivity index (χ1v) is 6.92. The van der Waals surface area contributed by atoms with Crippen LogP contribution in [-0.2, 0) is 6.54 Å². The Morgan fingerprint density at radius 1 is 1.05 bits per heavy atom. The van der Waals surface area contributed by atoms with Crippen molar-refractivity contribution in [3.05, 3.63) is 56.5 Å². The van der Waals surface area contributed by atoms with Gasteiger partial charge in [-0.05, 0) is 45.8 Å². The molecule has 2 aromatic rings. The average molecular weight is 393 g/mol. The van der Waals surface area contributed by atoms with Crippen LogP contribution in [0, 0.1) is 11.6 Å². The smallest absolute Gasteiger partial charge is 0.150 e. The van der Waals surface area contributed by atoms with Gasteiger partial charge in [-0.25, -0.2) is 8.78 Å². The largest absolute Gasteiger partial charge is 0.507 e. The highest BCUT2D eigenvalue weighted by molar-refractivity contribution is 9.10. The molecule has 19 heavy (non-hydrogen) atoms. The Hall–Kier alpha value is -1.14. The van der Waals surface area contributed by atoms with E-state index in [4.69, 9.17) is 0 Å². The van der Waals surface area contributed by atoms with Gasteiger partial charge in [0.1, 0.15) is 23.1 Å². The molecule has 0 bridgehead atoms. The van der Waals surface area contributed by atoms with Gasteiger partial charge in [-0.15, -0.1) is 0 Å². The van der Waals surface area contributed by atoms with Crippen LogP contribution in [0.15, 0.2) is 39.3 Å². The Bertz CT molecular complexity index is 597. The van der Waals surface area contributed by atoms with Crippen LogP contribution in [0.5, 0.6) is 5.75 Å². The van der Waals surface area contributed by atoms with E-state index in [1.165, 1.54) is 18.2 Å². The van der Waals surface area contributed by atoms with E-state index < -0.39 is 11.6 Å². The molecule has 0 spiro atoms. The van der Waals surface area contributed by atoms with Crippen molar-refractivity contribution in [1.29, 1.82) is 0 Å². The van der Waals surface area contributed by atoms with E-state index in [-0.39, 0.29) is 18.0 Å². The molecule has 2 N–H and O–H groups in total. The third-order valence-corrected chi connectivity index (χ3v) is 3.58. The van der Waals surface area contributed by atoms with E-state index in [1.54, 1.807) is 12.1 Å². The molecule has 0 aliphatic heterocycles. The number of benzene rings is 2. The van der Waals surface area contributed by atoms with Gasteiger partial charge in [-0.1, -0.05) is 22.0 Å². The molecule has 2 nitrogen and oxygen atoms in total. The fourth-order valence-corrected chi connectivity index (χ4v) is 2.39. The Morgan fingerprint density at radius 2 is 1.68 bits per heavy atom. The van der Waals surface area contributed by atoms with Crippen LogP contribution in [0.25, 0.3) is 0 Å². The summed E-state index contributed by atoms with van der Waals surface area (Å²) >= 11 is 6.20. The van der Waals surface area contributed by atoms with E-state index in [0.717, 1.165) is 5.56 Å². The normalized spacial score (nSPS) is 10.5. The Balaban J connectivity index is 2.16. The summed E-state index contributed by atoms with van der Waals surface area (Å²) in [5, 5.41) is 12.1. The first-order valence-electron chi connectivity index (χ1n) is 5.33. The molecule has 0 saturated heterocycles. The molecule has 0 atom stereocenters. The first-order chi connectivity index (χ1) is 8.97. The summed E-state index contributed by atoms with van der Waals surface area (Å²) in [5.41, 5.74) is 0.610. The fraction of sp³-hybridized carbons (Fsp3) is 0.0769. The molecule has 0 aliphatic rings. The molecular weight excluding hydrogens is 384 g/mol. The van der Waals surface area contributed by atoms with Gasteiger partial charge in [-0.3, -0.25) is 0 Å². The number of phenolic OH excluding ortho intramolecular Hbond substituents is 1. The minimum absolute atomic E-state index is 0.116. The summed E-state index contributed by atoms with van der Waals surface area (Å²) in [5.74, 6) is -1.21. The third-order valence-electron chi connectivity index (χ3n) is 2.49. The number of rotatable bonds is 3. The highest BCUT2D eigenvalue weighted by Gasteiger charge is 2.10. The number of phenols is 1. The second-order valence-electron chi connectivity index (χ2n) is 3.88. The van der Waals surface area contributed by atoms with Crippen molar-refractivity contribution < 1.29 is 13.9 Å². The molecule has 6 heteroatoms. The van der Waals surface area contributed by atoms with Gasteiger partial charge in [0.25, 0.3) is 0 Å². The number of anilines is 1. The van der Waals surface area contributed by atoms with Crippen LogP contribution < -0.4 is 5.32 Å². The molecule has 0 unspecified atom stereocenters. The summed E-state index contributed by atoms with van der Waals surface area (Å²) in [6.45, 7) is 0.244. The number of hydrogen-bond donors (Lipinski definition) is 2. The molecule has 0 fully saturated rings. The monoisotopic (exact) mass is 391 g/mol. The summed E-state index contributed by atoms with van der Waals surface area (Å²) in [6, 6.07) is 7.24. The number of hydrogen-bond acceptors (Lipinski definition) is 2. The lowest BCUT2D eigenvalue weighted by Gasteiger charge is -2.10. The maximum Gasteiger partial charge on any atom is 0.150 e. The van der Waals surface area contributed by atoms with Gasteiger partial charge in [0.2, 0.25) is 0 Å². The van der Waals surface area contributed by atoms with Crippen LogP contribution >= 0.6 is 31.9 Å². The molecule has 2 aromatic carbocycles. The van der Waals surface area contributed by atoms with E-state index in [9.17, 15) is 13.9 Å². The molecule has 0 aliphatic carbocycles. The molecule has 0 amide bonds. The summed E-state index contributed by atoms with van der Waals surface area (Å²) in [4.78, 5) is 0. The van der Waals surface area contributed by atoms with Gasteiger partial charge < -0.3 is 10.4 Å². The van der Waals surface area contributed by atoms with Crippen LogP contribution in [0.4, 0.5) is 14.5 Å². The van der Waals surface area contributed by atoms with Crippen LogP contribution in [0.1, 0.15) is 5.56 Å². The highest BCUT2D eigenvalue weighted by atomic mass is 79.9. The first kappa shape index (κ1) is 14.3. The second kappa shape index (κ2) is 5.88. The van der Waals surface area contributed by atoms with Gasteiger partial charge in [0, 0.05) is 11.0 Å². The minimum Gasteiger partial charge on any atom is -0.507 e. The van der Waals surface area contributed by atoms with Crippen LogP contribution in [-0.4, -0.2) is 5.11 Å². The molecule has 0 aromatic heterocycles. The Morgan fingerprint density at radius 3 is 2.26 bits per heavy atom. The topological polar surface area (TPSA) is 32.3 Å². The zero-order chi connectivity index (χ0) is 14.0. The molecule has 0 heterocycles. The molecule has 100 valence electrons. The lowest BCUT2D eigenvalue weighted by Crippen LogP contribution is -2.04. The SMILES string of the molecule is Oc1ccc(CNc2c(F)cc(Br)cc2F)cc1Br. The standard InChI is InChI=1S/C13H9Br2F2NO/c14-8-4-10(16)13(11(17)5-8)18-6-7-1-2-12(19)9(15)3-7/h1-5,18-19H,6H2. The molecule has 2 rings (SSSR count). The number of aromatic hydroxyl groups is 1. The van der Waals surface area contributed by atoms with Gasteiger partial charge >= 0.3 is 0 Å². The zero-order valence-corrected chi connectivity index (χ0v) is 12.7. The lowest BCUT2D eigenvalue weighted by atomic mass is 10.2. The van der Waals surface area contributed by atoms with Crippen LogP contribution in [0.3, 0.4) is 0 Å². The predicted octanol–water partition coefficient (Wildman–Crippen LogP) is 4.81. The quantitative estimate of drug-likeness (QED) is 0.785. The van der Waals surface area contributed by atoms with E-state index in [1.807, 2.05) is 0 Å². The highest BCUT2D eigenvalue weighted by Crippen LogP contribution is 2.26. The van der Waals surface area contributed by atoms with E-state index >= 15 is 0 Å². The Labute approximate surface area is 125 Å². The van der Waals surface area contributed by atoms with E-state index in [2.05, 4.69) is 37.2 Å². The second-order valence-corrected chi connectivity index (χ2v) is 5.65. The minimum atomic E-state index is -0.662. The number of nitrogens with one attached hydrogen (secondary N) is 1. The Kier molecular flexibility index (Phi) is 4.42. The van der Waals surface area contributed by atoms with Gasteiger partial charge in [0.05, 0.1) is 4.47 Å². The lowest BCUT2D eigenvalue weighted by molar-refractivity contribution is 0.471. The van der Waals surface area contributed by atoms with Crippen molar-refractivity contribution in [2.75, 3.05) is 5.32 Å². The van der Waals surface area contributed by atoms with Gasteiger partial charge in [-0.2, -0.15) is 0 Å². The van der Waals surface area contributed by atoms with Crippen molar-refractivity contribution in [3.63, 3.8) is 0 Å². The average Bonchev–Trinajstić information content (AvgIpc) is 2.32. The molecular formula is C13H9Br2F2NO. The van der Waals surface area contributed by atoms with Crippen molar-refractivity contribution in [1.82, 2.24) is 0 Å². The summed E-state index contributed by atoms with van der Waals surface area (Å²) in [6.07, 6.45) is 0. The van der Waals surface area contributed by atoms with E-state index in [0.29, 0.717) is 8.95 Å². The molecule has 0 radical (unpaired) electrons.